The largest absolute Gasteiger partial charge is 0.493 e. The van der Waals surface area contributed by atoms with E-state index in [9.17, 15) is 0 Å². The molecule has 0 bridgehead atoms. The number of rotatable bonds is 10. The Morgan fingerprint density at radius 3 is 2.53 bits per heavy atom. The van der Waals surface area contributed by atoms with Crippen LogP contribution in [0.25, 0.3) is 10.9 Å². The van der Waals surface area contributed by atoms with Crippen LogP contribution >= 0.6 is 0 Å². The van der Waals surface area contributed by atoms with E-state index in [2.05, 4.69) is 20.4 Å². The van der Waals surface area contributed by atoms with E-state index in [4.69, 9.17) is 19.4 Å². The number of nitrogens with zero attached hydrogens (tertiary/aromatic N) is 5. The van der Waals surface area contributed by atoms with Gasteiger partial charge in [0, 0.05) is 58.3 Å². The zero-order valence-corrected chi connectivity index (χ0v) is 19.7. The molecule has 9 heteroatoms. The number of anilines is 2. The van der Waals surface area contributed by atoms with Gasteiger partial charge >= 0.3 is 0 Å². The number of aromatic nitrogens is 2. The number of hydrogen-bond donors (Lipinski definition) is 2. The van der Waals surface area contributed by atoms with Gasteiger partial charge in [-0.3, -0.25) is 4.90 Å². The minimum absolute atomic E-state index is 0.665. The Kier molecular flexibility index (Phi) is 7.83. The van der Waals surface area contributed by atoms with Crippen LogP contribution in [0.15, 0.2) is 12.1 Å². The van der Waals surface area contributed by atoms with Gasteiger partial charge in [-0.1, -0.05) is 0 Å². The Bertz CT molecular complexity index is 880. The van der Waals surface area contributed by atoms with Gasteiger partial charge in [0.1, 0.15) is 5.82 Å². The number of nitrogens with one attached hydrogen (secondary N) is 2. The highest BCUT2D eigenvalue weighted by Crippen LogP contribution is 2.35. The molecular formula is C23H37N7O2. The predicted octanol–water partition coefficient (Wildman–Crippen LogP) is 1.84. The second-order valence-electron chi connectivity index (χ2n) is 8.74. The van der Waals surface area contributed by atoms with Crippen molar-refractivity contribution >= 4 is 22.7 Å². The van der Waals surface area contributed by atoms with Crippen LogP contribution in [0.4, 0.5) is 11.8 Å². The van der Waals surface area contributed by atoms with Crippen LogP contribution in [-0.4, -0.2) is 100 Å². The number of ether oxygens (including phenoxy) is 2. The second kappa shape index (κ2) is 11.0. The summed E-state index contributed by atoms with van der Waals surface area (Å²) in [5.41, 5.74) is 0.849. The average Bonchev–Trinajstić information content (AvgIpc) is 3.33. The van der Waals surface area contributed by atoms with Gasteiger partial charge < -0.3 is 29.9 Å². The molecule has 0 aliphatic carbocycles. The Labute approximate surface area is 191 Å². The van der Waals surface area contributed by atoms with Crippen molar-refractivity contribution in [1.29, 1.82) is 0 Å². The molecule has 0 unspecified atom stereocenters. The lowest BCUT2D eigenvalue weighted by Crippen LogP contribution is -2.45. The Morgan fingerprint density at radius 1 is 1.03 bits per heavy atom. The molecule has 32 heavy (non-hydrogen) atoms. The monoisotopic (exact) mass is 443 g/mol. The molecule has 1 aromatic carbocycles. The van der Waals surface area contributed by atoms with Crippen molar-refractivity contribution in [1.82, 2.24) is 25.1 Å². The lowest BCUT2D eigenvalue weighted by Gasteiger charge is -2.27. The van der Waals surface area contributed by atoms with Crippen LogP contribution < -0.4 is 25.0 Å². The van der Waals surface area contributed by atoms with E-state index < -0.39 is 0 Å². The van der Waals surface area contributed by atoms with Crippen LogP contribution in [0.5, 0.6) is 11.5 Å². The summed E-state index contributed by atoms with van der Waals surface area (Å²) in [5.74, 6) is 2.93. The van der Waals surface area contributed by atoms with E-state index in [1.54, 1.807) is 7.11 Å². The molecular weight excluding hydrogens is 406 g/mol. The van der Waals surface area contributed by atoms with Gasteiger partial charge in [0.2, 0.25) is 5.95 Å². The lowest BCUT2D eigenvalue weighted by molar-refractivity contribution is 0.254. The smallest absolute Gasteiger partial charge is 0.227 e. The third-order valence-corrected chi connectivity index (χ3v) is 6.12. The fourth-order valence-electron chi connectivity index (χ4n) is 4.26. The number of piperazine rings is 1. The van der Waals surface area contributed by atoms with Crippen molar-refractivity contribution in [2.75, 3.05) is 90.5 Å². The van der Waals surface area contributed by atoms with Gasteiger partial charge in [0.05, 0.1) is 25.9 Å². The van der Waals surface area contributed by atoms with Crippen molar-refractivity contribution in [2.45, 2.75) is 19.3 Å². The first-order valence-corrected chi connectivity index (χ1v) is 11.7. The molecule has 0 saturated carbocycles. The maximum Gasteiger partial charge on any atom is 0.227 e. The normalized spacial score (nSPS) is 17.6. The van der Waals surface area contributed by atoms with E-state index in [1.165, 1.54) is 25.9 Å². The van der Waals surface area contributed by atoms with Crippen LogP contribution in [0, 0.1) is 0 Å². The van der Waals surface area contributed by atoms with Gasteiger partial charge in [0.25, 0.3) is 0 Å². The minimum atomic E-state index is 0.665. The molecule has 0 radical (unpaired) electrons. The van der Waals surface area contributed by atoms with Crippen LogP contribution in [0.1, 0.15) is 19.3 Å². The summed E-state index contributed by atoms with van der Waals surface area (Å²) in [5, 5.41) is 7.85. The fraction of sp³-hybridized carbons (Fsp3) is 0.652. The molecule has 4 rings (SSSR count). The zero-order valence-electron chi connectivity index (χ0n) is 19.7. The number of methoxy groups -OCH3 is 1. The van der Waals surface area contributed by atoms with E-state index in [0.717, 1.165) is 68.3 Å². The number of likely N-dealkylation sites (tertiary alicyclic amines) is 1. The van der Waals surface area contributed by atoms with Crippen molar-refractivity contribution in [3.05, 3.63) is 12.1 Å². The fourth-order valence-corrected chi connectivity index (χ4v) is 4.26. The second-order valence-corrected chi connectivity index (χ2v) is 8.74. The first kappa shape index (κ1) is 22.8. The van der Waals surface area contributed by atoms with Crippen molar-refractivity contribution in [2.24, 2.45) is 0 Å². The number of fused-ring (bicyclic) bond motifs is 1. The van der Waals surface area contributed by atoms with Crippen molar-refractivity contribution in [3.63, 3.8) is 0 Å². The lowest BCUT2D eigenvalue weighted by atomic mass is 10.2. The quantitative estimate of drug-likeness (QED) is 0.535. The Hall–Kier alpha value is -2.36. The van der Waals surface area contributed by atoms with Gasteiger partial charge in [-0.05, 0) is 38.4 Å². The third-order valence-electron chi connectivity index (χ3n) is 6.12. The maximum absolute atomic E-state index is 6.13. The number of benzene rings is 1. The van der Waals surface area contributed by atoms with Gasteiger partial charge in [-0.2, -0.15) is 4.98 Å². The summed E-state index contributed by atoms with van der Waals surface area (Å²) < 4.78 is 11.8. The zero-order chi connectivity index (χ0) is 22.3. The molecule has 2 fully saturated rings. The summed E-state index contributed by atoms with van der Waals surface area (Å²) in [6.07, 6.45) is 3.64. The van der Waals surface area contributed by atoms with Gasteiger partial charge in [0.15, 0.2) is 11.5 Å². The van der Waals surface area contributed by atoms with Crippen LogP contribution in [0.2, 0.25) is 0 Å². The summed E-state index contributed by atoms with van der Waals surface area (Å²) in [6.45, 7) is 9.01. The summed E-state index contributed by atoms with van der Waals surface area (Å²) in [4.78, 5) is 16.4. The van der Waals surface area contributed by atoms with Crippen molar-refractivity contribution in [3.8, 4) is 11.5 Å². The SMILES string of the molecule is COc1cc2c(NCN3CCNCC3)nc(N(C)C)nc2cc1OCCCN1CCCC1. The summed E-state index contributed by atoms with van der Waals surface area (Å²) in [7, 11) is 5.60. The standard InChI is InChI=1S/C23H37N7O2/c1-28(2)23-26-19-16-21(32-14-6-11-29-9-4-5-10-29)20(31-3)15-18(19)22(27-23)25-17-30-12-7-24-8-13-30/h15-16,24H,4-14,17H2,1-3H3,(H,25,26,27). The average molecular weight is 444 g/mol. The van der Waals surface area contributed by atoms with Crippen LogP contribution in [0.3, 0.4) is 0 Å². The first-order chi connectivity index (χ1) is 15.6. The molecule has 2 aromatic rings. The predicted molar refractivity (Wildman–Crippen MR) is 129 cm³/mol. The molecule has 1 aromatic heterocycles. The van der Waals surface area contributed by atoms with Gasteiger partial charge in [-0.25, -0.2) is 4.98 Å². The molecule has 0 atom stereocenters. The Balaban J connectivity index is 1.51. The third kappa shape index (κ3) is 5.70. The molecule has 176 valence electrons. The van der Waals surface area contributed by atoms with Crippen LogP contribution in [-0.2, 0) is 0 Å². The highest BCUT2D eigenvalue weighted by molar-refractivity contribution is 5.92. The summed E-state index contributed by atoms with van der Waals surface area (Å²) in [6, 6.07) is 3.97. The highest BCUT2D eigenvalue weighted by atomic mass is 16.5. The number of hydrogen-bond acceptors (Lipinski definition) is 9. The Morgan fingerprint density at radius 2 is 1.81 bits per heavy atom. The molecule has 2 aliphatic rings. The van der Waals surface area contributed by atoms with E-state index in [0.29, 0.717) is 18.3 Å². The molecule has 0 amide bonds. The van der Waals surface area contributed by atoms with E-state index >= 15 is 0 Å². The molecule has 0 spiro atoms. The van der Waals surface area contributed by atoms with Gasteiger partial charge in [-0.15, -0.1) is 0 Å². The molecule has 2 N–H and O–H groups in total. The van der Waals surface area contributed by atoms with Crippen molar-refractivity contribution < 1.29 is 9.47 Å². The maximum atomic E-state index is 6.13. The first-order valence-electron chi connectivity index (χ1n) is 11.7. The summed E-state index contributed by atoms with van der Waals surface area (Å²) >= 11 is 0. The van der Waals surface area contributed by atoms with E-state index in [1.807, 2.05) is 31.1 Å². The molecule has 9 nitrogen and oxygen atoms in total. The molecule has 2 saturated heterocycles. The van der Waals surface area contributed by atoms with E-state index in [-0.39, 0.29) is 0 Å². The highest BCUT2D eigenvalue weighted by Gasteiger charge is 2.17. The molecule has 3 heterocycles. The topological polar surface area (TPSA) is 78.0 Å². The minimum Gasteiger partial charge on any atom is -0.493 e. The molecule has 2 aliphatic heterocycles.